The van der Waals surface area contributed by atoms with Gasteiger partial charge in [-0.05, 0) is 43.7 Å². The standard InChI is InChI=1S/C15H25FN2/c1-5-12(3)11-18(6-2)15-8-7-14(16)9-13(15)10-17-4/h7-9,12,17H,5-6,10-11H2,1-4H3. The van der Waals surface area contributed by atoms with Crippen molar-refractivity contribution >= 4 is 5.69 Å². The van der Waals surface area contributed by atoms with E-state index in [0.717, 1.165) is 24.3 Å². The van der Waals surface area contributed by atoms with E-state index in [2.05, 4.69) is 31.0 Å². The Morgan fingerprint density at radius 1 is 1.33 bits per heavy atom. The summed E-state index contributed by atoms with van der Waals surface area (Å²) in [6, 6.07) is 5.08. The van der Waals surface area contributed by atoms with Crippen LogP contribution >= 0.6 is 0 Å². The maximum atomic E-state index is 13.3. The first-order valence-corrected chi connectivity index (χ1v) is 6.80. The molecular formula is C15H25FN2. The van der Waals surface area contributed by atoms with Gasteiger partial charge in [0.25, 0.3) is 0 Å². The summed E-state index contributed by atoms with van der Waals surface area (Å²) in [6.07, 6.45) is 1.17. The average Bonchev–Trinajstić information content (AvgIpc) is 2.37. The molecule has 3 heteroatoms. The molecule has 0 spiro atoms. The lowest BCUT2D eigenvalue weighted by Gasteiger charge is -2.28. The Balaban J connectivity index is 2.96. The first-order chi connectivity index (χ1) is 8.62. The van der Waals surface area contributed by atoms with E-state index in [0.29, 0.717) is 12.5 Å². The highest BCUT2D eigenvalue weighted by Gasteiger charge is 2.12. The van der Waals surface area contributed by atoms with Crippen LogP contribution in [0.4, 0.5) is 10.1 Å². The molecular weight excluding hydrogens is 227 g/mol. The fourth-order valence-electron chi connectivity index (χ4n) is 2.10. The van der Waals surface area contributed by atoms with Crippen LogP contribution in [0.2, 0.25) is 0 Å². The Kier molecular flexibility index (Phi) is 6.13. The van der Waals surface area contributed by atoms with Gasteiger partial charge in [0.05, 0.1) is 0 Å². The molecule has 0 saturated carbocycles. The van der Waals surface area contributed by atoms with E-state index in [1.165, 1.54) is 6.42 Å². The smallest absolute Gasteiger partial charge is 0.123 e. The van der Waals surface area contributed by atoms with E-state index in [-0.39, 0.29) is 5.82 Å². The number of nitrogens with one attached hydrogen (secondary N) is 1. The number of anilines is 1. The molecule has 1 N–H and O–H groups in total. The largest absolute Gasteiger partial charge is 0.371 e. The molecule has 2 nitrogen and oxygen atoms in total. The molecule has 1 atom stereocenters. The monoisotopic (exact) mass is 252 g/mol. The third-order valence-corrected chi connectivity index (χ3v) is 3.36. The van der Waals surface area contributed by atoms with Crippen molar-refractivity contribution in [3.8, 4) is 0 Å². The first-order valence-electron chi connectivity index (χ1n) is 6.80. The van der Waals surface area contributed by atoms with Gasteiger partial charge in [-0.3, -0.25) is 0 Å². The summed E-state index contributed by atoms with van der Waals surface area (Å²) in [4.78, 5) is 2.33. The molecule has 0 radical (unpaired) electrons. The zero-order valence-electron chi connectivity index (χ0n) is 12.0. The van der Waals surface area contributed by atoms with Gasteiger partial charge in [-0.15, -0.1) is 0 Å². The van der Waals surface area contributed by atoms with Crippen molar-refractivity contribution in [2.45, 2.75) is 33.7 Å². The molecule has 0 aromatic heterocycles. The van der Waals surface area contributed by atoms with Gasteiger partial charge in [0.1, 0.15) is 5.82 Å². The number of nitrogens with zero attached hydrogens (tertiary/aromatic N) is 1. The molecule has 0 fully saturated rings. The maximum absolute atomic E-state index is 13.3. The highest BCUT2D eigenvalue weighted by molar-refractivity contribution is 5.53. The quantitative estimate of drug-likeness (QED) is 0.800. The lowest BCUT2D eigenvalue weighted by atomic mass is 10.1. The van der Waals surface area contributed by atoms with Crippen LogP contribution in [0.15, 0.2) is 18.2 Å². The molecule has 102 valence electrons. The lowest BCUT2D eigenvalue weighted by Crippen LogP contribution is -2.29. The second-order valence-electron chi connectivity index (χ2n) is 4.86. The Morgan fingerprint density at radius 2 is 2.06 bits per heavy atom. The topological polar surface area (TPSA) is 15.3 Å². The van der Waals surface area contributed by atoms with Crippen LogP contribution in [0.3, 0.4) is 0 Å². The lowest BCUT2D eigenvalue weighted by molar-refractivity contribution is 0.546. The van der Waals surface area contributed by atoms with Gasteiger partial charge in [0.2, 0.25) is 0 Å². The highest BCUT2D eigenvalue weighted by Crippen LogP contribution is 2.23. The zero-order chi connectivity index (χ0) is 13.5. The molecule has 0 bridgehead atoms. The van der Waals surface area contributed by atoms with Crippen LogP contribution in [0, 0.1) is 11.7 Å². The third kappa shape index (κ3) is 3.98. The van der Waals surface area contributed by atoms with E-state index < -0.39 is 0 Å². The van der Waals surface area contributed by atoms with Crippen molar-refractivity contribution in [3.05, 3.63) is 29.6 Å². The van der Waals surface area contributed by atoms with Gasteiger partial charge in [-0.25, -0.2) is 4.39 Å². The predicted molar refractivity (Wildman–Crippen MR) is 76.5 cm³/mol. The summed E-state index contributed by atoms with van der Waals surface area (Å²) in [5, 5.41) is 3.10. The molecule has 1 rings (SSSR count). The summed E-state index contributed by atoms with van der Waals surface area (Å²) in [6.45, 7) is 9.28. The van der Waals surface area contributed by atoms with Crippen molar-refractivity contribution in [1.82, 2.24) is 5.32 Å². The predicted octanol–water partition coefficient (Wildman–Crippen LogP) is 3.42. The van der Waals surface area contributed by atoms with Crippen molar-refractivity contribution in [3.63, 3.8) is 0 Å². The first kappa shape index (κ1) is 15.0. The molecule has 0 heterocycles. The summed E-state index contributed by atoms with van der Waals surface area (Å²) in [7, 11) is 1.89. The van der Waals surface area contributed by atoms with Gasteiger partial charge < -0.3 is 10.2 Å². The van der Waals surface area contributed by atoms with Crippen LogP contribution in [-0.4, -0.2) is 20.1 Å². The molecule has 0 saturated heterocycles. The second-order valence-corrected chi connectivity index (χ2v) is 4.86. The van der Waals surface area contributed by atoms with E-state index in [1.54, 1.807) is 12.1 Å². The second kappa shape index (κ2) is 7.37. The number of benzene rings is 1. The van der Waals surface area contributed by atoms with Gasteiger partial charge >= 0.3 is 0 Å². The Hall–Kier alpha value is -1.09. The minimum atomic E-state index is -0.163. The van der Waals surface area contributed by atoms with Crippen LogP contribution < -0.4 is 10.2 Å². The molecule has 0 aliphatic rings. The highest BCUT2D eigenvalue weighted by atomic mass is 19.1. The maximum Gasteiger partial charge on any atom is 0.123 e. The van der Waals surface area contributed by atoms with Crippen LogP contribution in [0.5, 0.6) is 0 Å². The Morgan fingerprint density at radius 3 is 2.61 bits per heavy atom. The molecule has 1 unspecified atom stereocenters. The van der Waals surface area contributed by atoms with Gasteiger partial charge in [0.15, 0.2) is 0 Å². The summed E-state index contributed by atoms with van der Waals surface area (Å²) >= 11 is 0. The fourth-order valence-corrected chi connectivity index (χ4v) is 2.10. The fraction of sp³-hybridized carbons (Fsp3) is 0.600. The van der Waals surface area contributed by atoms with Crippen molar-refractivity contribution in [2.24, 2.45) is 5.92 Å². The summed E-state index contributed by atoms with van der Waals surface area (Å²) in [5.74, 6) is 0.487. The van der Waals surface area contributed by atoms with Crippen LogP contribution in [0.25, 0.3) is 0 Å². The molecule has 0 amide bonds. The van der Waals surface area contributed by atoms with E-state index in [1.807, 2.05) is 13.1 Å². The van der Waals surface area contributed by atoms with Gasteiger partial charge in [-0.2, -0.15) is 0 Å². The normalized spacial score (nSPS) is 12.5. The summed E-state index contributed by atoms with van der Waals surface area (Å²) < 4.78 is 13.3. The molecule has 0 aliphatic carbocycles. The number of hydrogen-bond donors (Lipinski definition) is 1. The Labute approximate surface area is 110 Å². The minimum Gasteiger partial charge on any atom is -0.371 e. The average molecular weight is 252 g/mol. The van der Waals surface area contributed by atoms with E-state index in [9.17, 15) is 4.39 Å². The molecule has 0 aliphatic heterocycles. The third-order valence-electron chi connectivity index (χ3n) is 3.36. The van der Waals surface area contributed by atoms with E-state index in [4.69, 9.17) is 0 Å². The van der Waals surface area contributed by atoms with Crippen LogP contribution in [-0.2, 0) is 6.54 Å². The number of hydrogen-bond acceptors (Lipinski definition) is 2. The van der Waals surface area contributed by atoms with Crippen molar-refractivity contribution in [1.29, 1.82) is 0 Å². The van der Waals surface area contributed by atoms with Crippen molar-refractivity contribution < 1.29 is 4.39 Å². The van der Waals surface area contributed by atoms with Crippen molar-refractivity contribution in [2.75, 3.05) is 25.0 Å². The summed E-state index contributed by atoms with van der Waals surface area (Å²) in [5.41, 5.74) is 2.18. The van der Waals surface area contributed by atoms with Gasteiger partial charge in [0, 0.05) is 25.3 Å². The number of halogens is 1. The molecule has 18 heavy (non-hydrogen) atoms. The zero-order valence-corrected chi connectivity index (χ0v) is 12.0. The molecule has 1 aromatic rings. The minimum absolute atomic E-state index is 0.163. The number of rotatable bonds is 7. The SMILES string of the molecule is CCC(C)CN(CC)c1ccc(F)cc1CNC. The molecule has 1 aromatic carbocycles. The van der Waals surface area contributed by atoms with Gasteiger partial charge in [-0.1, -0.05) is 20.3 Å². The van der Waals surface area contributed by atoms with E-state index >= 15 is 0 Å². The Bertz CT molecular complexity index is 366. The van der Waals surface area contributed by atoms with Crippen LogP contribution in [0.1, 0.15) is 32.8 Å².